The summed E-state index contributed by atoms with van der Waals surface area (Å²) < 4.78 is 1.96. The van der Waals surface area contributed by atoms with Crippen molar-refractivity contribution in [1.82, 2.24) is 19.7 Å². The third-order valence-electron chi connectivity index (χ3n) is 4.98. The molecule has 1 amide bonds. The molecule has 1 saturated heterocycles. The lowest BCUT2D eigenvalue weighted by Gasteiger charge is -2.46. The second-order valence-electron chi connectivity index (χ2n) is 6.59. The number of hydrogen-bond acceptors (Lipinski definition) is 7. The maximum Gasteiger partial charge on any atom is 0.353 e. The molecule has 4 heterocycles. The second kappa shape index (κ2) is 6.03. The van der Waals surface area contributed by atoms with E-state index < -0.39 is 18.0 Å². The van der Waals surface area contributed by atoms with E-state index in [9.17, 15) is 19.8 Å². The Bertz CT molecular complexity index is 777. The molecule has 0 aliphatic carbocycles. The van der Waals surface area contributed by atoms with E-state index >= 15 is 0 Å². The van der Waals surface area contributed by atoms with Crippen LogP contribution in [0.15, 0.2) is 22.1 Å². The Hall–Kier alpha value is -1.52. The molecular weight excluding hydrogens is 364 g/mol. The lowest BCUT2D eigenvalue weighted by Crippen LogP contribution is -2.63. The van der Waals surface area contributed by atoms with Crippen LogP contribution in [0.5, 0.6) is 0 Å². The summed E-state index contributed by atoms with van der Waals surface area (Å²) in [6.45, 7) is 4.24. The molecule has 134 valence electrons. The first-order valence-corrected chi connectivity index (χ1v) is 9.92. The molecule has 10 heteroatoms. The molecule has 0 spiro atoms. The zero-order chi connectivity index (χ0) is 17.9. The normalized spacial score (nSPS) is 32.3. The van der Waals surface area contributed by atoms with Gasteiger partial charge in [0, 0.05) is 28.4 Å². The Morgan fingerprint density at radius 3 is 2.96 bits per heavy atom. The van der Waals surface area contributed by atoms with Crippen molar-refractivity contribution in [2.75, 3.05) is 5.75 Å². The molecule has 8 nitrogen and oxygen atoms in total. The van der Waals surface area contributed by atoms with Gasteiger partial charge in [0.1, 0.15) is 12.0 Å². The fraction of sp³-hybridized carbons (Fsp3) is 0.600. The van der Waals surface area contributed by atoms with Crippen LogP contribution in [0.4, 0.5) is 0 Å². The standard InChI is InChI=1S/C15H18N4O4S2/c1-6-10-9(7(2)20)13(21)19(10)11(14(22)23)12(6)25-8-3-18-5-16-17-15(18)24-4-8/h5-10,20H,3-4H2,1-2H3,(H,22,23)/t6-,7-,8?,9-,10-/m1/s1. The molecule has 4 rings (SSSR count). The molecule has 1 aromatic heterocycles. The minimum absolute atomic E-state index is 0.0870. The maximum absolute atomic E-state index is 12.3. The molecule has 1 aromatic rings. The van der Waals surface area contributed by atoms with Crippen LogP contribution in [-0.4, -0.2) is 64.9 Å². The van der Waals surface area contributed by atoms with Gasteiger partial charge in [-0.2, -0.15) is 0 Å². The summed E-state index contributed by atoms with van der Waals surface area (Å²) >= 11 is 3.13. The Balaban J connectivity index is 1.60. The van der Waals surface area contributed by atoms with E-state index in [1.807, 2.05) is 11.5 Å². The number of aliphatic carboxylic acids is 1. The van der Waals surface area contributed by atoms with Gasteiger partial charge in [-0.15, -0.1) is 22.0 Å². The number of carboxylic acid groups (broad SMARTS) is 1. The summed E-state index contributed by atoms with van der Waals surface area (Å²) in [5, 5.41) is 28.5. The van der Waals surface area contributed by atoms with Crippen LogP contribution in [0.1, 0.15) is 13.8 Å². The zero-order valence-corrected chi connectivity index (χ0v) is 15.3. The summed E-state index contributed by atoms with van der Waals surface area (Å²) in [6.07, 6.45) is 0.903. The number of amides is 1. The van der Waals surface area contributed by atoms with E-state index in [-0.39, 0.29) is 28.8 Å². The number of carboxylic acids is 1. The summed E-state index contributed by atoms with van der Waals surface area (Å²) in [7, 11) is 0. The predicted octanol–water partition coefficient (Wildman–Crippen LogP) is 0.639. The van der Waals surface area contributed by atoms with Gasteiger partial charge in [-0.3, -0.25) is 4.79 Å². The minimum atomic E-state index is -1.08. The number of nitrogens with zero attached hydrogens (tertiary/aromatic N) is 4. The van der Waals surface area contributed by atoms with Crippen molar-refractivity contribution in [2.24, 2.45) is 11.8 Å². The van der Waals surface area contributed by atoms with Crippen LogP contribution < -0.4 is 0 Å². The fourth-order valence-corrected chi connectivity index (χ4v) is 6.41. The average molecular weight is 382 g/mol. The molecule has 2 N–H and O–H groups in total. The van der Waals surface area contributed by atoms with Crippen LogP contribution in [0, 0.1) is 11.8 Å². The summed E-state index contributed by atoms with van der Waals surface area (Å²) in [5.74, 6) is -1.18. The summed E-state index contributed by atoms with van der Waals surface area (Å²) in [6, 6.07) is -0.261. The van der Waals surface area contributed by atoms with Gasteiger partial charge in [-0.05, 0) is 6.92 Å². The number of carbonyl (C=O) groups is 2. The molecule has 0 radical (unpaired) electrons. The third kappa shape index (κ3) is 2.49. The number of aromatic nitrogens is 3. The number of aliphatic hydroxyl groups is 1. The first-order valence-electron chi connectivity index (χ1n) is 8.06. The van der Waals surface area contributed by atoms with Crippen molar-refractivity contribution in [3.8, 4) is 0 Å². The lowest BCUT2D eigenvalue weighted by atomic mass is 9.79. The molecule has 0 bridgehead atoms. The average Bonchev–Trinajstić information content (AvgIpc) is 3.09. The molecule has 25 heavy (non-hydrogen) atoms. The van der Waals surface area contributed by atoms with E-state index in [2.05, 4.69) is 10.2 Å². The van der Waals surface area contributed by atoms with Crippen molar-refractivity contribution >= 4 is 35.4 Å². The summed E-state index contributed by atoms with van der Waals surface area (Å²) in [4.78, 5) is 26.3. The Kier molecular flexibility index (Phi) is 4.08. The van der Waals surface area contributed by atoms with Crippen LogP contribution in [-0.2, 0) is 16.1 Å². The predicted molar refractivity (Wildman–Crippen MR) is 91.8 cm³/mol. The Morgan fingerprint density at radius 2 is 2.28 bits per heavy atom. The van der Waals surface area contributed by atoms with Gasteiger partial charge < -0.3 is 19.7 Å². The summed E-state index contributed by atoms with van der Waals surface area (Å²) in [5.41, 5.74) is 0.0870. The van der Waals surface area contributed by atoms with Crippen LogP contribution in [0.2, 0.25) is 0 Å². The van der Waals surface area contributed by atoms with Gasteiger partial charge in [-0.1, -0.05) is 18.7 Å². The van der Waals surface area contributed by atoms with Gasteiger partial charge in [0.15, 0.2) is 5.16 Å². The highest BCUT2D eigenvalue weighted by molar-refractivity contribution is 8.05. The number of β-lactam (4-membered cyclic amide) rings is 1. The van der Waals surface area contributed by atoms with Gasteiger partial charge in [0.2, 0.25) is 5.91 Å². The smallest absolute Gasteiger partial charge is 0.353 e. The molecular formula is C15H18N4O4S2. The van der Waals surface area contributed by atoms with Gasteiger partial charge in [0.25, 0.3) is 0 Å². The molecule has 1 fully saturated rings. The van der Waals surface area contributed by atoms with Crippen LogP contribution in [0.25, 0.3) is 0 Å². The van der Waals surface area contributed by atoms with Crippen molar-refractivity contribution < 1.29 is 19.8 Å². The quantitative estimate of drug-likeness (QED) is 0.731. The Labute approximate surface area is 152 Å². The molecule has 0 aromatic carbocycles. The van der Waals surface area contributed by atoms with Gasteiger partial charge >= 0.3 is 5.97 Å². The highest BCUT2D eigenvalue weighted by atomic mass is 32.2. The largest absolute Gasteiger partial charge is 0.477 e. The molecule has 0 saturated carbocycles. The van der Waals surface area contributed by atoms with Crippen molar-refractivity contribution in [1.29, 1.82) is 0 Å². The van der Waals surface area contributed by atoms with Crippen LogP contribution >= 0.6 is 23.5 Å². The number of carbonyl (C=O) groups excluding carboxylic acids is 1. The third-order valence-corrected chi connectivity index (χ3v) is 7.81. The Morgan fingerprint density at radius 1 is 1.52 bits per heavy atom. The molecule has 1 unspecified atom stereocenters. The number of fused-ring (bicyclic) bond motifs is 2. The highest BCUT2D eigenvalue weighted by Gasteiger charge is 2.60. The monoisotopic (exact) mass is 382 g/mol. The van der Waals surface area contributed by atoms with E-state index in [0.29, 0.717) is 6.54 Å². The molecule has 5 atom stereocenters. The second-order valence-corrected chi connectivity index (χ2v) is 8.92. The molecule has 3 aliphatic heterocycles. The van der Waals surface area contributed by atoms with E-state index in [1.165, 1.54) is 16.7 Å². The van der Waals surface area contributed by atoms with Crippen molar-refractivity contribution in [3.05, 3.63) is 16.9 Å². The fourth-order valence-electron chi connectivity index (χ4n) is 3.85. The zero-order valence-electron chi connectivity index (χ0n) is 13.7. The highest BCUT2D eigenvalue weighted by Crippen LogP contribution is 2.52. The van der Waals surface area contributed by atoms with Gasteiger partial charge in [0.05, 0.1) is 18.1 Å². The first-order chi connectivity index (χ1) is 11.9. The number of rotatable bonds is 4. The minimum Gasteiger partial charge on any atom is -0.477 e. The van der Waals surface area contributed by atoms with Gasteiger partial charge in [-0.25, -0.2) is 4.79 Å². The topological polar surface area (TPSA) is 109 Å². The maximum atomic E-state index is 12.3. The first kappa shape index (κ1) is 16.9. The number of thioether (sulfide) groups is 2. The van der Waals surface area contributed by atoms with Crippen LogP contribution in [0.3, 0.4) is 0 Å². The van der Waals surface area contributed by atoms with Crippen molar-refractivity contribution in [3.63, 3.8) is 0 Å². The van der Waals surface area contributed by atoms with Crippen molar-refractivity contribution in [2.45, 2.75) is 42.9 Å². The van der Waals surface area contributed by atoms with E-state index in [4.69, 9.17) is 0 Å². The SMILES string of the molecule is C[C@@H](O)[C@H]1C(=O)N2C(C(=O)O)=C(SC3CSc4nncn4C3)[C@H](C)[C@H]12. The lowest BCUT2D eigenvalue weighted by molar-refractivity contribution is -0.163. The number of hydrogen-bond donors (Lipinski definition) is 2. The molecule has 3 aliphatic rings. The van der Waals surface area contributed by atoms with E-state index in [0.717, 1.165) is 15.8 Å². The van der Waals surface area contributed by atoms with E-state index in [1.54, 1.807) is 25.0 Å². The number of aliphatic hydroxyl groups excluding tert-OH is 1.